The molecule has 7 heteroatoms. The summed E-state index contributed by atoms with van der Waals surface area (Å²) >= 11 is 6.03. The van der Waals surface area contributed by atoms with Gasteiger partial charge in [-0.15, -0.1) is 0 Å². The van der Waals surface area contributed by atoms with Gasteiger partial charge in [-0.2, -0.15) is 0 Å². The molecule has 2 heterocycles. The zero-order chi connectivity index (χ0) is 20.5. The van der Waals surface area contributed by atoms with E-state index in [1.807, 2.05) is 0 Å². The number of phenols is 1. The number of aromatic hydroxyl groups is 1. The van der Waals surface area contributed by atoms with Crippen molar-refractivity contribution in [1.29, 1.82) is 0 Å². The van der Waals surface area contributed by atoms with Crippen molar-refractivity contribution in [2.24, 2.45) is 0 Å². The molecule has 4 rings (SSSR count). The van der Waals surface area contributed by atoms with Crippen LogP contribution in [0, 0.1) is 0 Å². The molecule has 2 N–H and O–H groups in total. The monoisotopic (exact) mass is 413 g/mol. The Hall–Kier alpha value is -2.83. The van der Waals surface area contributed by atoms with E-state index >= 15 is 0 Å². The van der Waals surface area contributed by atoms with Crippen LogP contribution >= 0.6 is 11.6 Å². The Labute approximate surface area is 173 Å². The second-order valence-corrected chi connectivity index (χ2v) is 7.62. The molecule has 0 aromatic heterocycles. The zero-order valence-electron chi connectivity index (χ0n) is 15.5. The lowest BCUT2D eigenvalue weighted by molar-refractivity contribution is -0.140. The Balaban J connectivity index is 1.83. The molecule has 0 spiro atoms. The average Bonchev–Trinajstić information content (AvgIpc) is 3.31. The van der Waals surface area contributed by atoms with E-state index in [0.29, 0.717) is 22.8 Å². The lowest BCUT2D eigenvalue weighted by Gasteiger charge is -2.27. The van der Waals surface area contributed by atoms with Gasteiger partial charge < -0.3 is 19.8 Å². The fourth-order valence-electron chi connectivity index (χ4n) is 3.87. The Morgan fingerprint density at radius 1 is 1.17 bits per heavy atom. The molecule has 2 aromatic rings. The summed E-state index contributed by atoms with van der Waals surface area (Å²) in [5.74, 6) is -1.64. The van der Waals surface area contributed by atoms with E-state index in [9.17, 15) is 19.8 Å². The maximum atomic E-state index is 12.9. The summed E-state index contributed by atoms with van der Waals surface area (Å²) in [6, 6.07) is 12.0. The highest BCUT2D eigenvalue weighted by Gasteiger charge is 2.47. The normalized spacial score (nSPS) is 23.7. The van der Waals surface area contributed by atoms with Crippen LogP contribution in [-0.2, 0) is 14.3 Å². The van der Waals surface area contributed by atoms with Crippen molar-refractivity contribution in [3.05, 3.63) is 70.3 Å². The maximum Gasteiger partial charge on any atom is 0.295 e. The first-order valence-corrected chi connectivity index (χ1v) is 9.78. The lowest BCUT2D eigenvalue weighted by atomic mass is 9.95. The smallest absolute Gasteiger partial charge is 0.295 e. The predicted octanol–water partition coefficient (Wildman–Crippen LogP) is 3.65. The SMILES string of the molecule is O=C1C(=O)N(CC2CCCO2)C(c2ccc(O)cc2)/C1=C(/O)c1cccc(Cl)c1. The largest absolute Gasteiger partial charge is 0.508 e. The van der Waals surface area contributed by atoms with Crippen molar-refractivity contribution in [1.82, 2.24) is 4.90 Å². The van der Waals surface area contributed by atoms with Gasteiger partial charge in [0.25, 0.3) is 11.7 Å². The molecular formula is C22H20ClNO5. The van der Waals surface area contributed by atoms with Crippen molar-refractivity contribution >= 4 is 29.1 Å². The summed E-state index contributed by atoms with van der Waals surface area (Å²) in [7, 11) is 0. The topological polar surface area (TPSA) is 87.1 Å². The molecule has 6 nitrogen and oxygen atoms in total. The van der Waals surface area contributed by atoms with E-state index in [0.717, 1.165) is 12.8 Å². The molecule has 2 fully saturated rings. The first-order chi connectivity index (χ1) is 14.0. The van der Waals surface area contributed by atoms with Crippen LogP contribution < -0.4 is 0 Å². The predicted molar refractivity (Wildman–Crippen MR) is 108 cm³/mol. The number of ketones is 1. The van der Waals surface area contributed by atoms with E-state index in [4.69, 9.17) is 16.3 Å². The van der Waals surface area contributed by atoms with Gasteiger partial charge in [0.15, 0.2) is 0 Å². The molecule has 2 atom stereocenters. The second kappa shape index (κ2) is 7.89. The van der Waals surface area contributed by atoms with Gasteiger partial charge in [-0.3, -0.25) is 9.59 Å². The number of carbonyl (C=O) groups is 2. The van der Waals surface area contributed by atoms with Gasteiger partial charge in [0.05, 0.1) is 17.7 Å². The summed E-state index contributed by atoms with van der Waals surface area (Å²) in [4.78, 5) is 27.2. The van der Waals surface area contributed by atoms with Crippen LogP contribution in [-0.4, -0.2) is 46.1 Å². The second-order valence-electron chi connectivity index (χ2n) is 7.19. The molecular weight excluding hydrogens is 394 g/mol. The van der Waals surface area contributed by atoms with E-state index in [2.05, 4.69) is 0 Å². The first kappa shape index (κ1) is 19.5. The van der Waals surface area contributed by atoms with Crippen LogP contribution in [0.1, 0.15) is 30.0 Å². The number of likely N-dealkylation sites (tertiary alicyclic amines) is 1. The molecule has 0 saturated carbocycles. The number of aliphatic hydroxyl groups excluding tert-OH is 1. The van der Waals surface area contributed by atoms with E-state index < -0.39 is 17.7 Å². The molecule has 150 valence electrons. The number of carbonyl (C=O) groups excluding carboxylic acids is 2. The summed E-state index contributed by atoms with van der Waals surface area (Å²) in [6.07, 6.45) is 1.56. The van der Waals surface area contributed by atoms with Gasteiger partial charge in [-0.05, 0) is 42.7 Å². The molecule has 2 aromatic carbocycles. The van der Waals surface area contributed by atoms with Crippen molar-refractivity contribution in [2.45, 2.75) is 25.0 Å². The number of ether oxygens (including phenoxy) is 1. The number of amides is 1. The van der Waals surface area contributed by atoms with Crippen LogP contribution in [0.5, 0.6) is 5.75 Å². The summed E-state index contributed by atoms with van der Waals surface area (Å²) < 4.78 is 5.66. The maximum absolute atomic E-state index is 12.9. The van der Waals surface area contributed by atoms with Crippen molar-refractivity contribution in [3.8, 4) is 5.75 Å². The highest BCUT2D eigenvalue weighted by atomic mass is 35.5. The lowest BCUT2D eigenvalue weighted by Crippen LogP contribution is -2.36. The Morgan fingerprint density at radius 2 is 1.93 bits per heavy atom. The standard InChI is InChI=1S/C22H20ClNO5/c23-15-4-1-3-14(11-15)20(26)18-19(13-6-8-16(25)9-7-13)24(22(28)21(18)27)12-17-5-2-10-29-17/h1,3-4,6-9,11,17,19,25-26H,2,5,10,12H2/b20-18-. The number of rotatable bonds is 4. The molecule has 2 unspecified atom stereocenters. The number of hydrogen-bond acceptors (Lipinski definition) is 5. The van der Waals surface area contributed by atoms with Crippen LogP contribution in [0.3, 0.4) is 0 Å². The molecule has 2 aliphatic rings. The quantitative estimate of drug-likeness (QED) is 0.454. The van der Waals surface area contributed by atoms with Gasteiger partial charge in [0.2, 0.25) is 0 Å². The molecule has 0 aliphatic carbocycles. The number of nitrogens with zero attached hydrogens (tertiary/aromatic N) is 1. The minimum absolute atomic E-state index is 0.000883. The highest BCUT2D eigenvalue weighted by Crippen LogP contribution is 2.40. The molecule has 0 bridgehead atoms. The van der Waals surface area contributed by atoms with Gasteiger partial charge in [0.1, 0.15) is 11.5 Å². The highest BCUT2D eigenvalue weighted by molar-refractivity contribution is 6.46. The summed E-state index contributed by atoms with van der Waals surface area (Å²) in [5.41, 5.74) is 0.973. The number of hydrogen-bond donors (Lipinski definition) is 2. The molecule has 29 heavy (non-hydrogen) atoms. The van der Waals surface area contributed by atoms with Crippen LogP contribution in [0.15, 0.2) is 54.1 Å². The minimum atomic E-state index is -0.779. The van der Waals surface area contributed by atoms with Crippen molar-refractivity contribution in [3.63, 3.8) is 0 Å². The Kier molecular flexibility index (Phi) is 5.30. The van der Waals surface area contributed by atoms with E-state index in [-0.39, 0.29) is 29.7 Å². The van der Waals surface area contributed by atoms with Gasteiger partial charge in [0, 0.05) is 23.7 Å². The van der Waals surface area contributed by atoms with E-state index in [1.165, 1.54) is 23.1 Å². The molecule has 2 aliphatic heterocycles. The molecule has 1 amide bonds. The zero-order valence-corrected chi connectivity index (χ0v) is 16.3. The number of halogens is 1. The third kappa shape index (κ3) is 3.73. The summed E-state index contributed by atoms with van der Waals surface area (Å²) in [5, 5.41) is 21.0. The number of Topliss-reactive ketones (excluding diaryl/α,β-unsaturated/α-hetero) is 1. The Morgan fingerprint density at radius 3 is 2.59 bits per heavy atom. The third-order valence-electron chi connectivity index (χ3n) is 5.27. The summed E-state index contributed by atoms with van der Waals surface area (Å²) in [6.45, 7) is 0.878. The van der Waals surface area contributed by atoms with Gasteiger partial charge in [-0.25, -0.2) is 0 Å². The fraction of sp³-hybridized carbons (Fsp3) is 0.273. The average molecular weight is 414 g/mol. The van der Waals surface area contributed by atoms with Crippen molar-refractivity contribution in [2.75, 3.05) is 13.2 Å². The van der Waals surface area contributed by atoms with Gasteiger partial charge >= 0.3 is 0 Å². The number of aliphatic hydroxyl groups is 1. The Bertz CT molecular complexity index is 979. The van der Waals surface area contributed by atoms with Gasteiger partial charge in [-0.1, -0.05) is 35.9 Å². The number of phenolic OH excluding ortho intramolecular Hbond substituents is 1. The number of benzene rings is 2. The third-order valence-corrected chi connectivity index (χ3v) is 5.51. The van der Waals surface area contributed by atoms with Crippen LogP contribution in [0.4, 0.5) is 0 Å². The fourth-order valence-corrected chi connectivity index (χ4v) is 4.06. The first-order valence-electron chi connectivity index (χ1n) is 9.40. The van der Waals surface area contributed by atoms with E-state index in [1.54, 1.807) is 30.3 Å². The molecule has 0 radical (unpaired) electrons. The minimum Gasteiger partial charge on any atom is -0.508 e. The van der Waals surface area contributed by atoms with Crippen LogP contribution in [0.2, 0.25) is 5.02 Å². The molecule has 2 saturated heterocycles. The van der Waals surface area contributed by atoms with Crippen molar-refractivity contribution < 1.29 is 24.5 Å². The van der Waals surface area contributed by atoms with Crippen LogP contribution in [0.25, 0.3) is 5.76 Å².